The number of amides is 2. The van der Waals surface area contributed by atoms with Gasteiger partial charge < -0.3 is 10.2 Å². The molecule has 0 unspecified atom stereocenters. The van der Waals surface area contributed by atoms with Crippen LogP contribution in [0, 0.1) is 19.7 Å². The van der Waals surface area contributed by atoms with Gasteiger partial charge in [-0.15, -0.1) is 0 Å². The molecule has 4 aromatic rings. The standard InChI is InChI=1S/C36H40FN3O4S/c1-5-28(4)38-36(42)34(23-29-9-7-6-8-10-29)39(24-30-15-11-26(2)12-16-30)35(41)25-40(32-19-17-31(37)18-20-32)45(43,44)33-21-13-27(3)14-22-33/h6-22,28,34H,5,23-25H2,1-4H3,(H,38,42)/t28-,34+/m1/s1. The van der Waals surface area contributed by atoms with E-state index in [2.05, 4.69) is 5.32 Å². The molecule has 0 aliphatic heterocycles. The molecule has 2 amide bonds. The first-order valence-corrected chi connectivity index (χ1v) is 16.5. The summed E-state index contributed by atoms with van der Waals surface area (Å²) in [6, 6.07) is 27.2. The molecular formula is C36H40FN3O4S. The van der Waals surface area contributed by atoms with E-state index in [-0.39, 0.29) is 35.5 Å². The molecule has 45 heavy (non-hydrogen) atoms. The van der Waals surface area contributed by atoms with Crippen LogP contribution in [0.2, 0.25) is 0 Å². The number of aryl methyl sites for hydroxylation is 2. The summed E-state index contributed by atoms with van der Waals surface area (Å²) in [5.74, 6) is -1.44. The lowest BCUT2D eigenvalue weighted by Gasteiger charge is -2.34. The highest BCUT2D eigenvalue weighted by molar-refractivity contribution is 7.92. The molecule has 0 saturated carbocycles. The van der Waals surface area contributed by atoms with Crippen molar-refractivity contribution in [3.8, 4) is 0 Å². The Bertz CT molecular complexity index is 1680. The van der Waals surface area contributed by atoms with E-state index in [4.69, 9.17) is 0 Å². The molecule has 0 saturated heterocycles. The van der Waals surface area contributed by atoms with Gasteiger partial charge in [-0.05, 0) is 74.7 Å². The van der Waals surface area contributed by atoms with Crippen LogP contribution in [0.3, 0.4) is 0 Å². The maximum Gasteiger partial charge on any atom is 0.264 e. The Morgan fingerprint density at radius 1 is 0.800 bits per heavy atom. The van der Waals surface area contributed by atoms with Crippen molar-refractivity contribution < 1.29 is 22.4 Å². The van der Waals surface area contributed by atoms with Gasteiger partial charge >= 0.3 is 0 Å². The van der Waals surface area contributed by atoms with Crippen molar-refractivity contribution in [1.29, 1.82) is 0 Å². The Balaban J connectivity index is 1.80. The number of sulfonamides is 1. The van der Waals surface area contributed by atoms with Crippen molar-refractivity contribution in [2.24, 2.45) is 0 Å². The van der Waals surface area contributed by atoms with Gasteiger partial charge in [-0.2, -0.15) is 0 Å². The third-order valence-electron chi connectivity index (χ3n) is 7.75. The largest absolute Gasteiger partial charge is 0.352 e. The molecule has 0 aliphatic carbocycles. The van der Waals surface area contributed by atoms with Crippen LogP contribution < -0.4 is 9.62 Å². The maximum atomic E-state index is 14.5. The van der Waals surface area contributed by atoms with Gasteiger partial charge in [0.1, 0.15) is 18.4 Å². The van der Waals surface area contributed by atoms with Crippen LogP contribution in [0.1, 0.15) is 42.5 Å². The Kier molecular flexibility index (Phi) is 11.1. The van der Waals surface area contributed by atoms with E-state index in [1.54, 1.807) is 12.1 Å². The normalized spacial score (nSPS) is 12.6. The second-order valence-electron chi connectivity index (χ2n) is 11.3. The number of anilines is 1. The second kappa shape index (κ2) is 15.0. The molecule has 7 nitrogen and oxygen atoms in total. The Labute approximate surface area is 265 Å². The lowest BCUT2D eigenvalue weighted by Crippen LogP contribution is -2.54. The third kappa shape index (κ3) is 8.79. The average molecular weight is 630 g/mol. The fourth-order valence-corrected chi connectivity index (χ4v) is 6.27. The summed E-state index contributed by atoms with van der Waals surface area (Å²) < 4.78 is 43.0. The van der Waals surface area contributed by atoms with Crippen LogP contribution in [0.15, 0.2) is 108 Å². The number of nitrogens with zero attached hydrogens (tertiary/aromatic N) is 2. The minimum atomic E-state index is -4.26. The second-order valence-corrected chi connectivity index (χ2v) is 13.2. The van der Waals surface area contributed by atoms with Gasteiger partial charge in [0, 0.05) is 19.0 Å². The van der Waals surface area contributed by atoms with Gasteiger partial charge in [-0.25, -0.2) is 12.8 Å². The van der Waals surface area contributed by atoms with E-state index in [1.165, 1.54) is 29.2 Å². The fraction of sp³-hybridized carbons (Fsp3) is 0.278. The summed E-state index contributed by atoms with van der Waals surface area (Å²) in [6.07, 6.45) is 0.921. The fourth-order valence-electron chi connectivity index (χ4n) is 4.86. The minimum Gasteiger partial charge on any atom is -0.352 e. The third-order valence-corrected chi connectivity index (χ3v) is 9.54. The molecule has 0 bridgehead atoms. The van der Waals surface area contributed by atoms with Crippen LogP contribution in [0.5, 0.6) is 0 Å². The summed E-state index contributed by atoms with van der Waals surface area (Å²) in [5, 5.41) is 3.03. The number of nitrogens with one attached hydrogen (secondary N) is 1. The van der Waals surface area contributed by atoms with Crippen molar-refractivity contribution in [2.45, 2.75) is 64.1 Å². The first-order chi connectivity index (χ1) is 21.5. The first kappa shape index (κ1) is 33.4. The quantitative estimate of drug-likeness (QED) is 0.191. The van der Waals surface area contributed by atoms with E-state index in [9.17, 15) is 22.4 Å². The first-order valence-electron chi connectivity index (χ1n) is 15.0. The van der Waals surface area contributed by atoms with Gasteiger partial charge in [0.15, 0.2) is 0 Å². The number of halogens is 1. The highest BCUT2D eigenvalue weighted by Gasteiger charge is 2.35. The van der Waals surface area contributed by atoms with Crippen LogP contribution in [0.4, 0.5) is 10.1 Å². The Hall–Kier alpha value is -4.50. The van der Waals surface area contributed by atoms with Crippen LogP contribution in [-0.4, -0.2) is 43.8 Å². The zero-order valence-electron chi connectivity index (χ0n) is 26.1. The van der Waals surface area contributed by atoms with Gasteiger partial charge in [-0.1, -0.05) is 84.8 Å². The van der Waals surface area contributed by atoms with Crippen molar-refractivity contribution in [2.75, 3.05) is 10.8 Å². The number of benzene rings is 4. The van der Waals surface area contributed by atoms with E-state index in [1.807, 2.05) is 82.3 Å². The van der Waals surface area contributed by atoms with Gasteiger partial charge in [0.2, 0.25) is 11.8 Å². The molecular weight excluding hydrogens is 589 g/mol. The van der Waals surface area contributed by atoms with Gasteiger partial charge in [0.25, 0.3) is 10.0 Å². The van der Waals surface area contributed by atoms with E-state index < -0.39 is 34.3 Å². The van der Waals surface area contributed by atoms with Crippen molar-refractivity contribution in [1.82, 2.24) is 10.2 Å². The molecule has 9 heteroatoms. The lowest BCUT2D eigenvalue weighted by atomic mass is 10.0. The molecule has 0 radical (unpaired) electrons. The van der Waals surface area contributed by atoms with Crippen molar-refractivity contribution in [3.05, 3.63) is 131 Å². The molecule has 0 fully saturated rings. The monoisotopic (exact) mass is 629 g/mol. The van der Waals surface area contributed by atoms with Gasteiger partial charge in [0.05, 0.1) is 10.6 Å². The predicted molar refractivity (Wildman–Crippen MR) is 176 cm³/mol. The van der Waals surface area contributed by atoms with E-state index >= 15 is 0 Å². The topological polar surface area (TPSA) is 86.8 Å². The highest BCUT2D eigenvalue weighted by atomic mass is 32.2. The van der Waals surface area contributed by atoms with Crippen LogP contribution >= 0.6 is 0 Å². The summed E-state index contributed by atoms with van der Waals surface area (Å²) in [4.78, 5) is 29.8. The summed E-state index contributed by atoms with van der Waals surface area (Å²) in [7, 11) is -4.26. The zero-order valence-corrected chi connectivity index (χ0v) is 26.9. The number of hydrogen-bond donors (Lipinski definition) is 1. The van der Waals surface area contributed by atoms with Crippen molar-refractivity contribution in [3.63, 3.8) is 0 Å². The SMILES string of the molecule is CC[C@@H](C)NC(=O)[C@H](Cc1ccccc1)N(Cc1ccc(C)cc1)C(=O)CN(c1ccc(F)cc1)S(=O)(=O)c1ccc(C)cc1. The molecule has 236 valence electrons. The molecule has 4 aromatic carbocycles. The maximum absolute atomic E-state index is 14.5. The number of hydrogen-bond acceptors (Lipinski definition) is 4. The number of carbonyl (C=O) groups excluding carboxylic acids is 2. The summed E-state index contributed by atoms with van der Waals surface area (Å²) in [5.41, 5.74) is 3.69. The lowest BCUT2D eigenvalue weighted by molar-refractivity contribution is -0.140. The average Bonchev–Trinajstić information content (AvgIpc) is 3.03. The minimum absolute atomic E-state index is 0.00865. The highest BCUT2D eigenvalue weighted by Crippen LogP contribution is 2.26. The molecule has 0 aliphatic rings. The summed E-state index contributed by atoms with van der Waals surface area (Å²) >= 11 is 0. The molecule has 0 heterocycles. The van der Waals surface area contributed by atoms with E-state index in [0.29, 0.717) is 6.42 Å². The number of carbonyl (C=O) groups is 2. The zero-order chi connectivity index (χ0) is 32.6. The molecule has 2 atom stereocenters. The van der Waals surface area contributed by atoms with Crippen LogP contribution in [0.25, 0.3) is 0 Å². The molecule has 1 N–H and O–H groups in total. The van der Waals surface area contributed by atoms with Crippen LogP contribution in [-0.2, 0) is 32.6 Å². The molecule has 0 spiro atoms. The van der Waals surface area contributed by atoms with E-state index in [0.717, 1.165) is 38.7 Å². The predicted octanol–water partition coefficient (Wildman–Crippen LogP) is 6.19. The van der Waals surface area contributed by atoms with Crippen molar-refractivity contribution >= 4 is 27.5 Å². The Morgan fingerprint density at radius 2 is 1.38 bits per heavy atom. The number of rotatable bonds is 13. The van der Waals surface area contributed by atoms with Gasteiger partial charge in [-0.3, -0.25) is 13.9 Å². The summed E-state index contributed by atoms with van der Waals surface area (Å²) in [6.45, 7) is 7.14. The Morgan fingerprint density at radius 3 is 1.96 bits per heavy atom. The smallest absolute Gasteiger partial charge is 0.264 e. The molecule has 0 aromatic heterocycles. The molecule has 4 rings (SSSR count).